The molecule has 0 aliphatic rings. The van der Waals surface area contributed by atoms with Crippen LogP contribution in [0.25, 0.3) is 49.2 Å². The van der Waals surface area contributed by atoms with E-state index in [4.69, 9.17) is 0 Å². The van der Waals surface area contributed by atoms with Crippen LogP contribution in [0, 0.1) is 13.8 Å². The number of hydrogen-bond donors (Lipinski definition) is 0. The molecule has 6 rings (SSSR count). The van der Waals surface area contributed by atoms with Gasteiger partial charge in [0.15, 0.2) is 0 Å². The van der Waals surface area contributed by atoms with E-state index in [9.17, 15) is 0 Å². The number of hydrogen-bond acceptors (Lipinski definition) is 0. The van der Waals surface area contributed by atoms with Crippen LogP contribution in [-0.4, -0.2) is 4.40 Å². The van der Waals surface area contributed by atoms with Crippen molar-refractivity contribution in [1.29, 1.82) is 0 Å². The molecular weight excluding hydrogens is 326 g/mol. The van der Waals surface area contributed by atoms with E-state index >= 15 is 0 Å². The Hall–Kier alpha value is -3.32. The van der Waals surface area contributed by atoms with Gasteiger partial charge in [-0.25, -0.2) is 0 Å². The van der Waals surface area contributed by atoms with Gasteiger partial charge in [0, 0.05) is 21.5 Å². The topological polar surface area (TPSA) is 4.41 Å². The monoisotopic (exact) mass is 345 g/mol. The maximum Gasteiger partial charge on any atom is 0.0620 e. The molecule has 27 heavy (non-hydrogen) atoms. The van der Waals surface area contributed by atoms with Gasteiger partial charge in [0.1, 0.15) is 0 Å². The Kier molecular flexibility index (Phi) is 2.80. The Balaban J connectivity index is 1.76. The summed E-state index contributed by atoms with van der Waals surface area (Å²) in [5, 5.41) is 5.34. The maximum atomic E-state index is 2.43. The molecular formula is C26H19N. The van der Waals surface area contributed by atoms with Crippen molar-refractivity contribution >= 4 is 38.1 Å². The Morgan fingerprint density at radius 3 is 2.00 bits per heavy atom. The second kappa shape index (κ2) is 5.11. The fourth-order valence-corrected chi connectivity index (χ4v) is 4.75. The molecule has 0 saturated heterocycles. The first-order valence-electron chi connectivity index (χ1n) is 9.46. The van der Waals surface area contributed by atoms with Crippen molar-refractivity contribution in [3.05, 3.63) is 90.0 Å². The van der Waals surface area contributed by atoms with Crippen molar-refractivity contribution in [3.63, 3.8) is 0 Å². The Morgan fingerprint density at radius 1 is 0.519 bits per heavy atom. The van der Waals surface area contributed by atoms with Gasteiger partial charge >= 0.3 is 0 Å². The highest BCUT2D eigenvalue weighted by molar-refractivity contribution is 6.23. The highest BCUT2D eigenvalue weighted by Crippen LogP contribution is 2.40. The molecule has 1 heteroatoms. The number of benzene rings is 4. The molecule has 0 unspecified atom stereocenters. The van der Waals surface area contributed by atoms with Crippen LogP contribution in [0.15, 0.2) is 78.9 Å². The van der Waals surface area contributed by atoms with E-state index in [1.165, 1.54) is 60.3 Å². The molecule has 0 aliphatic heterocycles. The molecule has 0 saturated carbocycles. The van der Waals surface area contributed by atoms with Gasteiger partial charge in [-0.15, -0.1) is 0 Å². The molecule has 2 aromatic heterocycles. The summed E-state index contributed by atoms with van der Waals surface area (Å²) in [7, 11) is 0. The maximum absolute atomic E-state index is 2.43. The molecule has 6 aromatic rings. The third-order valence-corrected chi connectivity index (χ3v) is 5.78. The highest BCUT2D eigenvalue weighted by Gasteiger charge is 2.17. The van der Waals surface area contributed by atoms with E-state index in [0.717, 1.165) is 0 Å². The van der Waals surface area contributed by atoms with Crippen molar-refractivity contribution in [2.75, 3.05) is 0 Å². The lowest BCUT2D eigenvalue weighted by molar-refractivity contribution is 1.37. The lowest BCUT2D eigenvalue weighted by atomic mass is 9.99. The van der Waals surface area contributed by atoms with E-state index in [1.807, 2.05) is 0 Å². The number of rotatable bonds is 1. The second-order valence-electron chi connectivity index (χ2n) is 7.66. The van der Waals surface area contributed by atoms with Gasteiger partial charge in [0.05, 0.1) is 16.6 Å². The van der Waals surface area contributed by atoms with Crippen molar-refractivity contribution < 1.29 is 0 Å². The van der Waals surface area contributed by atoms with Crippen molar-refractivity contribution in [2.24, 2.45) is 0 Å². The van der Waals surface area contributed by atoms with Crippen molar-refractivity contribution in [2.45, 2.75) is 13.8 Å². The van der Waals surface area contributed by atoms with E-state index in [0.29, 0.717) is 0 Å². The van der Waals surface area contributed by atoms with Crippen molar-refractivity contribution in [3.8, 4) is 11.1 Å². The smallest absolute Gasteiger partial charge is 0.0620 e. The van der Waals surface area contributed by atoms with Gasteiger partial charge in [0.2, 0.25) is 0 Å². The van der Waals surface area contributed by atoms with Gasteiger partial charge in [-0.2, -0.15) is 0 Å². The minimum atomic E-state index is 1.28. The van der Waals surface area contributed by atoms with E-state index in [-0.39, 0.29) is 0 Å². The van der Waals surface area contributed by atoms with Gasteiger partial charge < -0.3 is 4.40 Å². The first-order valence-corrected chi connectivity index (χ1v) is 9.46. The van der Waals surface area contributed by atoms with Gasteiger partial charge in [0.25, 0.3) is 0 Å². The van der Waals surface area contributed by atoms with Crippen LogP contribution in [-0.2, 0) is 0 Å². The zero-order valence-electron chi connectivity index (χ0n) is 15.5. The quantitative estimate of drug-likeness (QED) is 0.299. The van der Waals surface area contributed by atoms with Gasteiger partial charge in [-0.3, -0.25) is 0 Å². The van der Waals surface area contributed by atoms with Crippen LogP contribution in [0.1, 0.15) is 11.1 Å². The zero-order chi connectivity index (χ0) is 18.1. The summed E-state index contributed by atoms with van der Waals surface area (Å²) in [6.45, 7) is 4.34. The highest BCUT2D eigenvalue weighted by atomic mass is 14.9. The van der Waals surface area contributed by atoms with E-state index in [2.05, 4.69) is 97.1 Å². The molecule has 0 aliphatic carbocycles. The molecule has 0 atom stereocenters. The van der Waals surface area contributed by atoms with Crippen molar-refractivity contribution in [1.82, 2.24) is 4.40 Å². The number of nitrogens with zero attached hydrogens (tertiary/aromatic N) is 1. The second-order valence-corrected chi connectivity index (χ2v) is 7.66. The largest absolute Gasteiger partial charge is 0.308 e. The fourth-order valence-electron chi connectivity index (χ4n) is 4.75. The molecule has 0 bridgehead atoms. The average molecular weight is 345 g/mol. The van der Waals surface area contributed by atoms with E-state index in [1.54, 1.807) is 0 Å². The molecule has 0 radical (unpaired) electrons. The van der Waals surface area contributed by atoms with Crippen LogP contribution in [0.3, 0.4) is 0 Å². The average Bonchev–Trinajstić information content (AvgIpc) is 3.19. The van der Waals surface area contributed by atoms with E-state index < -0.39 is 0 Å². The summed E-state index contributed by atoms with van der Waals surface area (Å²) in [6.07, 6.45) is 0. The standard InChI is InChI=1S/C26H19N/c1-16-12-17(2)14-19(13-16)18-10-11-25-23(15-18)22-8-5-7-21-20-6-3-4-9-24(20)27(25)26(21)22/h3-15H,1-2H3. The number of aryl methyl sites for hydroxylation is 2. The van der Waals surface area contributed by atoms with Crippen LogP contribution >= 0.6 is 0 Å². The number of aromatic nitrogens is 1. The molecule has 1 nitrogen and oxygen atoms in total. The third kappa shape index (κ3) is 1.94. The molecule has 0 spiro atoms. The first-order chi connectivity index (χ1) is 13.2. The molecule has 0 N–H and O–H groups in total. The van der Waals surface area contributed by atoms with Crippen LogP contribution < -0.4 is 0 Å². The first kappa shape index (κ1) is 14.8. The SMILES string of the molecule is Cc1cc(C)cc(-c2ccc3c(c2)c2cccc4c5ccccc5n3c42)c1. The number of fused-ring (bicyclic) bond motifs is 6. The molecule has 0 amide bonds. The van der Waals surface area contributed by atoms with Crippen LogP contribution in [0.5, 0.6) is 0 Å². The summed E-state index contributed by atoms with van der Waals surface area (Å²) >= 11 is 0. The summed E-state index contributed by atoms with van der Waals surface area (Å²) in [6, 6.07) is 29.1. The normalized spacial score (nSPS) is 12.1. The molecule has 2 heterocycles. The zero-order valence-corrected chi connectivity index (χ0v) is 15.5. The Labute approximate surface area is 157 Å². The van der Waals surface area contributed by atoms with Crippen LogP contribution in [0.4, 0.5) is 0 Å². The Bertz CT molecular complexity index is 1460. The minimum Gasteiger partial charge on any atom is -0.308 e. The third-order valence-electron chi connectivity index (χ3n) is 5.78. The van der Waals surface area contributed by atoms with Gasteiger partial charge in [-0.1, -0.05) is 71.8 Å². The molecule has 4 aromatic carbocycles. The predicted octanol–water partition coefficient (Wildman–Crippen LogP) is 7.12. The number of para-hydroxylation sites is 2. The van der Waals surface area contributed by atoms with Gasteiger partial charge in [-0.05, 0) is 43.2 Å². The summed E-state index contributed by atoms with van der Waals surface area (Å²) in [4.78, 5) is 0. The fraction of sp³-hybridized carbons (Fsp3) is 0.0769. The lowest BCUT2D eigenvalue weighted by Crippen LogP contribution is -1.84. The predicted molar refractivity (Wildman–Crippen MR) is 116 cm³/mol. The Morgan fingerprint density at radius 2 is 1.19 bits per heavy atom. The molecule has 128 valence electrons. The summed E-state index contributed by atoms with van der Waals surface area (Å²) < 4.78 is 2.43. The minimum absolute atomic E-state index is 1.28. The lowest BCUT2D eigenvalue weighted by Gasteiger charge is -2.06. The van der Waals surface area contributed by atoms with Crippen LogP contribution in [0.2, 0.25) is 0 Å². The molecule has 0 fully saturated rings. The summed E-state index contributed by atoms with van der Waals surface area (Å²) in [5.41, 5.74) is 9.12. The summed E-state index contributed by atoms with van der Waals surface area (Å²) in [5.74, 6) is 0.